The summed E-state index contributed by atoms with van der Waals surface area (Å²) in [5.74, 6) is 0.806. The van der Waals surface area contributed by atoms with Crippen molar-refractivity contribution >= 4 is 23.5 Å². The first-order valence-corrected chi connectivity index (χ1v) is 9.31. The molecule has 0 saturated heterocycles. The molecule has 6 heteroatoms. The van der Waals surface area contributed by atoms with Crippen LogP contribution in [0, 0.1) is 13.8 Å². The first-order chi connectivity index (χ1) is 11.4. The van der Waals surface area contributed by atoms with Crippen molar-refractivity contribution in [2.24, 2.45) is 0 Å². The molecular formula is C18H25N3O2S. The van der Waals surface area contributed by atoms with Gasteiger partial charge in [-0.2, -0.15) is 11.8 Å². The minimum absolute atomic E-state index is 0.0184. The van der Waals surface area contributed by atoms with Gasteiger partial charge in [0.15, 0.2) is 0 Å². The molecule has 5 nitrogen and oxygen atoms in total. The normalized spacial score (nSPS) is 13.4. The van der Waals surface area contributed by atoms with Crippen molar-refractivity contribution in [2.75, 3.05) is 11.6 Å². The Bertz CT molecular complexity index is 680. The van der Waals surface area contributed by atoms with E-state index >= 15 is 0 Å². The van der Waals surface area contributed by atoms with Gasteiger partial charge in [-0.05, 0) is 58.1 Å². The lowest BCUT2D eigenvalue weighted by Crippen LogP contribution is -2.37. The number of carbonyl (C=O) groups is 1. The van der Waals surface area contributed by atoms with Crippen molar-refractivity contribution in [3.8, 4) is 0 Å². The lowest BCUT2D eigenvalue weighted by molar-refractivity contribution is 0.249. The van der Waals surface area contributed by atoms with E-state index in [0.29, 0.717) is 11.7 Å². The van der Waals surface area contributed by atoms with Crippen LogP contribution >= 0.6 is 11.8 Å². The van der Waals surface area contributed by atoms with Crippen LogP contribution in [0.1, 0.15) is 41.7 Å². The van der Waals surface area contributed by atoms with Crippen molar-refractivity contribution < 1.29 is 9.32 Å². The highest BCUT2D eigenvalue weighted by Gasteiger charge is 2.15. The fourth-order valence-electron chi connectivity index (χ4n) is 2.55. The molecule has 2 amide bonds. The second-order valence-electron chi connectivity index (χ2n) is 6.01. The van der Waals surface area contributed by atoms with Crippen molar-refractivity contribution in [2.45, 2.75) is 45.4 Å². The van der Waals surface area contributed by atoms with Crippen LogP contribution in [0.3, 0.4) is 0 Å². The number of carbonyl (C=O) groups excluding carboxylic acids is 1. The van der Waals surface area contributed by atoms with Crippen molar-refractivity contribution in [3.63, 3.8) is 0 Å². The number of nitrogens with one attached hydrogen (secondary N) is 2. The van der Waals surface area contributed by atoms with Crippen LogP contribution in [0.5, 0.6) is 0 Å². The number of hydrogen-bond acceptors (Lipinski definition) is 4. The van der Waals surface area contributed by atoms with Gasteiger partial charge in [0, 0.05) is 22.5 Å². The maximum Gasteiger partial charge on any atom is 0.319 e. The van der Waals surface area contributed by atoms with E-state index in [4.69, 9.17) is 4.52 Å². The number of hydrogen-bond donors (Lipinski definition) is 2. The summed E-state index contributed by atoms with van der Waals surface area (Å²) in [5, 5.41) is 10.2. The van der Waals surface area contributed by atoms with Crippen LogP contribution in [0.25, 0.3) is 0 Å². The standard InChI is InChI=1S/C18H25N3O2S/c1-11(9-17-12(2)21-23-13(17)3)19-18(22)20-16-8-6-7-15(10-16)14(4)24-5/h6-8,10-11,14H,9H2,1-5H3,(H2,19,20,22)/t11-,14+/m0/s1. The fourth-order valence-corrected chi connectivity index (χ4v) is 2.97. The Labute approximate surface area is 147 Å². The molecule has 2 atom stereocenters. The SMILES string of the molecule is CS[C@H](C)c1cccc(NC(=O)N[C@@H](C)Cc2c(C)noc2C)c1. The van der Waals surface area contributed by atoms with Crippen LogP contribution in [-0.4, -0.2) is 23.5 Å². The van der Waals surface area contributed by atoms with Gasteiger partial charge in [0.25, 0.3) is 0 Å². The van der Waals surface area contributed by atoms with Crippen molar-refractivity contribution in [1.82, 2.24) is 10.5 Å². The summed E-state index contributed by atoms with van der Waals surface area (Å²) in [5.41, 5.74) is 3.93. The molecule has 1 heterocycles. The van der Waals surface area contributed by atoms with Gasteiger partial charge < -0.3 is 15.2 Å². The maximum atomic E-state index is 12.2. The number of anilines is 1. The van der Waals surface area contributed by atoms with E-state index in [1.54, 1.807) is 11.8 Å². The first kappa shape index (κ1) is 18.4. The van der Waals surface area contributed by atoms with E-state index in [2.05, 4.69) is 35.0 Å². The second-order valence-corrected chi connectivity index (χ2v) is 7.19. The smallest absolute Gasteiger partial charge is 0.319 e. The van der Waals surface area contributed by atoms with Crippen LogP contribution in [0.2, 0.25) is 0 Å². The van der Waals surface area contributed by atoms with Gasteiger partial charge in [0.2, 0.25) is 0 Å². The predicted octanol–water partition coefficient (Wildman–Crippen LogP) is 4.47. The number of benzene rings is 1. The molecule has 0 aliphatic rings. The second kappa shape index (κ2) is 8.24. The minimum Gasteiger partial charge on any atom is -0.361 e. The minimum atomic E-state index is -0.205. The Balaban J connectivity index is 1.93. The van der Waals surface area contributed by atoms with E-state index < -0.39 is 0 Å². The molecule has 130 valence electrons. The topological polar surface area (TPSA) is 67.2 Å². The number of aromatic nitrogens is 1. The lowest BCUT2D eigenvalue weighted by Gasteiger charge is -2.15. The Morgan fingerprint density at radius 1 is 1.33 bits per heavy atom. The summed E-state index contributed by atoms with van der Waals surface area (Å²) in [6.07, 6.45) is 2.77. The van der Waals surface area contributed by atoms with Crippen LogP contribution in [-0.2, 0) is 6.42 Å². The molecule has 24 heavy (non-hydrogen) atoms. The summed E-state index contributed by atoms with van der Waals surface area (Å²) in [6, 6.07) is 7.72. The Morgan fingerprint density at radius 3 is 2.71 bits per heavy atom. The molecule has 2 aromatic rings. The number of nitrogens with zero attached hydrogens (tertiary/aromatic N) is 1. The van der Waals surface area contributed by atoms with Crippen LogP contribution in [0.4, 0.5) is 10.5 Å². The highest BCUT2D eigenvalue weighted by molar-refractivity contribution is 7.98. The van der Waals surface area contributed by atoms with Gasteiger partial charge in [-0.3, -0.25) is 0 Å². The van der Waals surface area contributed by atoms with Crippen LogP contribution in [0.15, 0.2) is 28.8 Å². The van der Waals surface area contributed by atoms with Crippen molar-refractivity contribution in [3.05, 3.63) is 46.8 Å². The molecule has 0 unspecified atom stereocenters. The average molecular weight is 347 g/mol. The van der Waals surface area contributed by atoms with E-state index in [1.807, 2.05) is 39.0 Å². The summed E-state index contributed by atoms with van der Waals surface area (Å²) >= 11 is 1.78. The molecule has 0 bridgehead atoms. The number of aryl methyl sites for hydroxylation is 2. The Hall–Kier alpha value is -1.95. The molecule has 0 aliphatic carbocycles. The molecule has 1 aromatic carbocycles. The van der Waals surface area contributed by atoms with Gasteiger partial charge in [-0.15, -0.1) is 0 Å². The fraction of sp³-hybridized carbons (Fsp3) is 0.444. The molecule has 0 fully saturated rings. The van der Waals surface area contributed by atoms with Gasteiger partial charge in [-0.25, -0.2) is 4.79 Å². The quantitative estimate of drug-likeness (QED) is 0.809. The molecule has 1 aromatic heterocycles. The maximum absolute atomic E-state index is 12.2. The average Bonchev–Trinajstić information content (AvgIpc) is 2.86. The zero-order valence-corrected chi connectivity index (χ0v) is 15.7. The largest absolute Gasteiger partial charge is 0.361 e. The number of thioether (sulfide) groups is 1. The Morgan fingerprint density at radius 2 is 2.08 bits per heavy atom. The monoisotopic (exact) mass is 347 g/mol. The van der Waals surface area contributed by atoms with Gasteiger partial charge in [0.1, 0.15) is 5.76 Å². The molecule has 2 rings (SSSR count). The molecule has 0 spiro atoms. The number of urea groups is 1. The summed E-state index contributed by atoms with van der Waals surface area (Å²) < 4.78 is 5.16. The highest BCUT2D eigenvalue weighted by Crippen LogP contribution is 2.27. The van der Waals surface area contributed by atoms with Crippen molar-refractivity contribution in [1.29, 1.82) is 0 Å². The van der Waals surface area contributed by atoms with E-state index in [1.165, 1.54) is 5.56 Å². The molecule has 0 aliphatic heterocycles. The molecular weight excluding hydrogens is 322 g/mol. The number of amides is 2. The molecule has 0 radical (unpaired) electrons. The summed E-state index contributed by atoms with van der Waals surface area (Å²) in [6.45, 7) is 7.92. The highest BCUT2D eigenvalue weighted by atomic mass is 32.2. The predicted molar refractivity (Wildman–Crippen MR) is 99.7 cm³/mol. The third-order valence-electron chi connectivity index (χ3n) is 4.04. The zero-order chi connectivity index (χ0) is 17.7. The molecule has 0 saturated carbocycles. The van der Waals surface area contributed by atoms with Gasteiger partial charge in [-0.1, -0.05) is 17.3 Å². The molecule has 2 N–H and O–H groups in total. The van der Waals surface area contributed by atoms with Gasteiger partial charge >= 0.3 is 6.03 Å². The summed E-state index contributed by atoms with van der Waals surface area (Å²) in [7, 11) is 0. The third kappa shape index (κ3) is 4.77. The zero-order valence-electron chi connectivity index (χ0n) is 14.8. The Kier molecular flexibility index (Phi) is 6.31. The summed E-state index contributed by atoms with van der Waals surface area (Å²) in [4.78, 5) is 12.2. The third-order valence-corrected chi connectivity index (χ3v) is 5.02. The first-order valence-electron chi connectivity index (χ1n) is 8.02. The van der Waals surface area contributed by atoms with E-state index in [0.717, 1.165) is 22.7 Å². The van der Waals surface area contributed by atoms with E-state index in [-0.39, 0.29) is 12.1 Å². The lowest BCUT2D eigenvalue weighted by atomic mass is 10.1. The number of rotatable bonds is 6. The van der Waals surface area contributed by atoms with E-state index in [9.17, 15) is 4.79 Å². The van der Waals surface area contributed by atoms with Crippen LogP contribution < -0.4 is 10.6 Å². The van der Waals surface area contributed by atoms with Gasteiger partial charge in [0.05, 0.1) is 5.69 Å².